The number of pyridine rings is 2. The third-order valence-electron chi connectivity index (χ3n) is 5.54. The van der Waals surface area contributed by atoms with E-state index < -0.39 is 0 Å². The van der Waals surface area contributed by atoms with Crippen molar-refractivity contribution >= 4 is 38.4 Å². The lowest BCUT2D eigenvalue weighted by molar-refractivity contribution is 0.118. The van der Waals surface area contributed by atoms with Gasteiger partial charge in [-0.25, -0.2) is 9.97 Å². The summed E-state index contributed by atoms with van der Waals surface area (Å²) in [7, 11) is 2.05. The predicted octanol–water partition coefficient (Wildman–Crippen LogP) is 5.29. The number of anilines is 1. The third-order valence-corrected chi connectivity index (χ3v) is 6.69. The van der Waals surface area contributed by atoms with Gasteiger partial charge >= 0.3 is 0 Å². The highest BCUT2D eigenvalue weighted by molar-refractivity contribution is 7.23. The molecule has 0 fully saturated rings. The number of aryl methyl sites for hydroxylation is 3. The highest BCUT2D eigenvalue weighted by Gasteiger charge is 2.18. The summed E-state index contributed by atoms with van der Waals surface area (Å²) >= 11 is 1.69. The first-order valence-corrected chi connectivity index (χ1v) is 11.5. The first kappa shape index (κ1) is 20.6. The highest BCUT2D eigenvalue weighted by Crippen LogP contribution is 2.38. The van der Waals surface area contributed by atoms with E-state index in [1.807, 2.05) is 43.3 Å². The molecular formula is C25H25N5OS. The Balaban J connectivity index is 1.38. The number of nitrogens with zero attached hydrogens (tertiary/aromatic N) is 4. The van der Waals surface area contributed by atoms with Crippen molar-refractivity contribution in [2.45, 2.75) is 26.4 Å². The molecule has 32 heavy (non-hydrogen) atoms. The number of ether oxygens (including phenoxy) is 1. The highest BCUT2D eigenvalue weighted by atomic mass is 32.1. The standard InChI is InChI=1S/C25H25N5OS/c1-16-8-6-11-18(27-16)20-14-19-24(32-20)23-22(25(26)28-19)29-21(30(23)2)12-7-13-31-15-17-9-4-3-5-10-17/h3-6,8-11,14H,7,12-13,15H2,1-2H3,(H2,26,28). The lowest BCUT2D eigenvalue weighted by Gasteiger charge is -2.05. The molecule has 0 aliphatic carbocycles. The van der Waals surface area contributed by atoms with Gasteiger partial charge in [0.2, 0.25) is 0 Å². The van der Waals surface area contributed by atoms with E-state index in [9.17, 15) is 0 Å². The fourth-order valence-corrected chi connectivity index (χ4v) is 5.08. The second-order valence-electron chi connectivity index (χ2n) is 7.91. The molecule has 1 aromatic carbocycles. The average molecular weight is 444 g/mol. The molecule has 0 radical (unpaired) electrons. The molecule has 0 amide bonds. The van der Waals surface area contributed by atoms with E-state index in [1.54, 1.807) is 11.3 Å². The normalized spacial score (nSPS) is 11.6. The Morgan fingerprint density at radius 3 is 2.69 bits per heavy atom. The van der Waals surface area contributed by atoms with Crippen molar-refractivity contribution in [1.29, 1.82) is 0 Å². The molecule has 4 aromatic heterocycles. The summed E-state index contributed by atoms with van der Waals surface area (Å²) < 4.78 is 9.07. The second-order valence-corrected chi connectivity index (χ2v) is 8.96. The van der Waals surface area contributed by atoms with Gasteiger partial charge in [-0.3, -0.25) is 4.98 Å². The van der Waals surface area contributed by atoms with Crippen LogP contribution in [0, 0.1) is 6.92 Å². The number of hydrogen-bond donors (Lipinski definition) is 1. The molecule has 162 valence electrons. The minimum atomic E-state index is 0.469. The van der Waals surface area contributed by atoms with Gasteiger partial charge in [0.05, 0.1) is 32.9 Å². The molecule has 0 aliphatic rings. The predicted molar refractivity (Wildman–Crippen MR) is 131 cm³/mol. The Morgan fingerprint density at radius 2 is 1.88 bits per heavy atom. The molecule has 5 rings (SSSR count). The van der Waals surface area contributed by atoms with Gasteiger partial charge in [0.25, 0.3) is 0 Å². The molecule has 6 nitrogen and oxygen atoms in total. The van der Waals surface area contributed by atoms with Crippen LogP contribution in [0.25, 0.3) is 31.8 Å². The van der Waals surface area contributed by atoms with Crippen LogP contribution in [0.3, 0.4) is 0 Å². The van der Waals surface area contributed by atoms with Crippen LogP contribution in [-0.2, 0) is 24.8 Å². The van der Waals surface area contributed by atoms with Crippen LogP contribution in [0.5, 0.6) is 0 Å². The Bertz CT molecular complexity index is 1390. The Morgan fingerprint density at radius 1 is 1.03 bits per heavy atom. The van der Waals surface area contributed by atoms with E-state index in [-0.39, 0.29) is 0 Å². The van der Waals surface area contributed by atoms with E-state index in [1.165, 1.54) is 5.56 Å². The summed E-state index contributed by atoms with van der Waals surface area (Å²) in [4.78, 5) is 15.2. The van der Waals surface area contributed by atoms with Gasteiger partial charge in [0.15, 0.2) is 5.82 Å². The van der Waals surface area contributed by atoms with E-state index in [4.69, 9.17) is 15.5 Å². The molecule has 4 heterocycles. The number of aromatic nitrogens is 4. The number of thiophene rings is 1. The fourth-order valence-electron chi connectivity index (χ4n) is 3.93. The van der Waals surface area contributed by atoms with Gasteiger partial charge in [-0.15, -0.1) is 11.3 Å². The zero-order valence-corrected chi connectivity index (χ0v) is 19.0. The monoisotopic (exact) mass is 443 g/mol. The van der Waals surface area contributed by atoms with E-state index in [0.29, 0.717) is 19.0 Å². The van der Waals surface area contributed by atoms with Crippen LogP contribution in [0.1, 0.15) is 23.5 Å². The number of imidazole rings is 1. The van der Waals surface area contributed by atoms with E-state index >= 15 is 0 Å². The lowest BCUT2D eigenvalue weighted by Crippen LogP contribution is -2.02. The van der Waals surface area contributed by atoms with Gasteiger partial charge < -0.3 is 15.0 Å². The molecule has 0 spiro atoms. The molecule has 0 bridgehead atoms. The van der Waals surface area contributed by atoms with Gasteiger partial charge in [-0.05, 0) is 37.1 Å². The molecule has 0 atom stereocenters. The summed E-state index contributed by atoms with van der Waals surface area (Å²) in [5.74, 6) is 1.46. The number of benzene rings is 1. The fraction of sp³-hybridized carbons (Fsp3) is 0.240. The molecular weight excluding hydrogens is 418 g/mol. The van der Waals surface area contributed by atoms with Crippen LogP contribution in [-0.4, -0.2) is 26.1 Å². The number of nitrogen functional groups attached to an aromatic ring is 1. The van der Waals surface area contributed by atoms with E-state index in [2.05, 4.69) is 39.8 Å². The van der Waals surface area contributed by atoms with Crippen molar-refractivity contribution in [3.8, 4) is 10.6 Å². The topological polar surface area (TPSA) is 78.9 Å². The molecule has 5 aromatic rings. The first-order chi connectivity index (χ1) is 15.6. The summed E-state index contributed by atoms with van der Waals surface area (Å²) in [6.45, 7) is 3.32. The zero-order chi connectivity index (χ0) is 22.1. The molecule has 0 saturated carbocycles. The summed E-state index contributed by atoms with van der Waals surface area (Å²) in [5.41, 5.74) is 12.1. The molecule has 0 saturated heterocycles. The maximum atomic E-state index is 6.29. The Kier molecular flexibility index (Phi) is 5.59. The van der Waals surface area contributed by atoms with Crippen LogP contribution >= 0.6 is 11.3 Å². The molecule has 2 N–H and O–H groups in total. The van der Waals surface area contributed by atoms with Crippen LogP contribution in [0.15, 0.2) is 54.6 Å². The smallest absolute Gasteiger partial charge is 0.152 e. The van der Waals surface area contributed by atoms with Crippen LogP contribution < -0.4 is 5.73 Å². The zero-order valence-electron chi connectivity index (χ0n) is 18.2. The van der Waals surface area contributed by atoms with Crippen molar-refractivity contribution in [2.75, 3.05) is 12.3 Å². The Labute approximate surface area is 190 Å². The Hall–Kier alpha value is -3.29. The van der Waals surface area contributed by atoms with Crippen LogP contribution in [0.4, 0.5) is 5.82 Å². The van der Waals surface area contributed by atoms with Crippen molar-refractivity contribution in [3.63, 3.8) is 0 Å². The average Bonchev–Trinajstić information content (AvgIpc) is 3.36. The largest absolute Gasteiger partial charge is 0.382 e. The second kappa shape index (κ2) is 8.68. The summed E-state index contributed by atoms with van der Waals surface area (Å²) in [6.07, 6.45) is 1.71. The SMILES string of the molecule is Cc1cccc(-c2cc3nc(N)c4nc(CCCOCc5ccccc5)n(C)c4c3s2)n1. The minimum absolute atomic E-state index is 0.469. The van der Waals surface area contributed by atoms with Gasteiger partial charge in [-0.2, -0.15) is 0 Å². The van der Waals surface area contributed by atoms with Gasteiger partial charge in [0.1, 0.15) is 11.3 Å². The quantitative estimate of drug-likeness (QED) is 0.346. The molecule has 7 heteroatoms. The van der Waals surface area contributed by atoms with Gasteiger partial charge in [-0.1, -0.05) is 36.4 Å². The van der Waals surface area contributed by atoms with Crippen molar-refractivity contribution in [2.24, 2.45) is 7.05 Å². The maximum Gasteiger partial charge on any atom is 0.152 e. The van der Waals surface area contributed by atoms with Crippen molar-refractivity contribution in [3.05, 3.63) is 71.7 Å². The number of hydrogen-bond acceptors (Lipinski definition) is 6. The van der Waals surface area contributed by atoms with Crippen LogP contribution in [0.2, 0.25) is 0 Å². The molecule has 0 aliphatic heterocycles. The van der Waals surface area contributed by atoms with E-state index in [0.717, 1.165) is 56.2 Å². The number of nitrogens with two attached hydrogens (primary N) is 1. The minimum Gasteiger partial charge on any atom is -0.382 e. The number of fused-ring (bicyclic) bond motifs is 3. The summed E-state index contributed by atoms with van der Waals surface area (Å²) in [5, 5.41) is 0. The van der Waals surface area contributed by atoms with Crippen molar-refractivity contribution < 1.29 is 4.74 Å². The van der Waals surface area contributed by atoms with Crippen molar-refractivity contribution in [1.82, 2.24) is 19.5 Å². The summed E-state index contributed by atoms with van der Waals surface area (Å²) in [6, 6.07) is 18.4. The molecule has 0 unspecified atom stereocenters. The number of rotatable bonds is 7. The first-order valence-electron chi connectivity index (χ1n) is 10.7. The third kappa shape index (κ3) is 3.97. The lowest BCUT2D eigenvalue weighted by atomic mass is 10.2. The maximum absolute atomic E-state index is 6.29. The van der Waals surface area contributed by atoms with Gasteiger partial charge in [0, 0.05) is 25.8 Å².